The van der Waals surface area contributed by atoms with E-state index in [1.807, 2.05) is 0 Å². The fourth-order valence-corrected chi connectivity index (χ4v) is 1.29. The molecule has 3 nitrogen and oxygen atoms in total. The molecule has 1 heterocycles. The zero-order chi connectivity index (χ0) is 7.94. The third kappa shape index (κ3) is 3.70. The molecule has 0 aromatic heterocycles. The molecule has 1 aliphatic heterocycles. The number of morpholine rings is 1. The number of rotatable bonds is 4. The maximum absolute atomic E-state index is 6.98. The van der Waals surface area contributed by atoms with Gasteiger partial charge in [0.1, 0.15) is 0 Å². The maximum Gasteiger partial charge on any atom is 0.0594 e. The van der Waals surface area contributed by atoms with Gasteiger partial charge >= 0.3 is 0 Å². The summed E-state index contributed by atoms with van der Waals surface area (Å²) in [6.45, 7) is 5.67. The summed E-state index contributed by atoms with van der Waals surface area (Å²) < 4.78 is 5.23. The van der Waals surface area contributed by atoms with E-state index in [0.29, 0.717) is 6.54 Å². The second-order valence-corrected chi connectivity index (χ2v) is 2.91. The Bertz CT molecular complexity index is 92.1. The fraction of sp³-hybridized carbons (Fsp3) is 1.00. The zero-order valence-corrected chi connectivity index (χ0v) is 7.01. The van der Waals surface area contributed by atoms with Crippen molar-refractivity contribution in [2.24, 2.45) is 0 Å². The first kappa shape index (κ1) is 8.97. The van der Waals surface area contributed by atoms with Crippen LogP contribution in [0.5, 0.6) is 0 Å². The smallest absolute Gasteiger partial charge is 0.0594 e. The van der Waals surface area contributed by atoms with Gasteiger partial charge in [0.2, 0.25) is 0 Å². The molecule has 0 aromatic carbocycles. The van der Waals surface area contributed by atoms with Crippen LogP contribution in [0.15, 0.2) is 0 Å². The SMILES string of the molecule is [NH]CCCCN1CCOCC1. The second-order valence-electron chi connectivity index (χ2n) is 2.91. The van der Waals surface area contributed by atoms with Crippen molar-refractivity contribution in [1.82, 2.24) is 10.6 Å². The Morgan fingerprint density at radius 3 is 2.55 bits per heavy atom. The summed E-state index contributed by atoms with van der Waals surface area (Å²) in [6, 6.07) is 0. The lowest BCUT2D eigenvalue weighted by Crippen LogP contribution is -2.36. The van der Waals surface area contributed by atoms with Gasteiger partial charge < -0.3 is 4.74 Å². The van der Waals surface area contributed by atoms with Crippen LogP contribution < -0.4 is 5.73 Å². The Kier molecular flexibility index (Phi) is 4.50. The third-order valence-corrected chi connectivity index (χ3v) is 2.00. The van der Waals surface area contributed by atoms with Gasteiger partial charge in [-0.25, -0.2) is 0 Å². The van der Waals surface area contributed by atoms with Crippen LogP contribution in [0.1, 0.15) is 12.8 Å². The molecule has 0 amide bonds. The summed E-state index contributed by atoms with van der Waals surface area (Å²) in [5.74, 6) is 0. The molecule has 1 saturated heterocycles. The molecule has 3 heteroatoms. The molecule has 0 atom stereocenters. The molecule has 1 fully saturated rings. The van der Waals surface area contributed by atoms with E-state index in [0.717, 1.165) is 39.3 Å². The Labute approximate surface area is 68.5 Å². The van der Waals surface area contributed by atoms with E-state index in [9.17, 15) is 0 Å². The highest BCUT2D eigenvalue weighted by atomic mass is 16.5. The molecule has 0 bridgehead atoms. The van der Waals surface area contributed by atoms with Gasteiger partial charge in [-0.2, -0.15) is 0 Å². The van der Waals surface area contributed by atoms with Crippen molar-refractivity contribution in [2.45, 2.75) is 12.8 Å². The number of hydrogen-bond acceptors (Lipinski definition) is 2. The van der Waals surface area contributed by atoms with Crippen LogP contribution in [0, 0.1) is 0 Å². The normalized spacial score (nSPS) is 20.5. The van der Waals surface area contributed by atoms with Crippen LogP contribution in [-0.4, -0.2) is 44.3 Å². The predicted octanol–water partition coefficient (Wildman–Crippen LogP) is 0.382. The minimum atomic E-state index is 0.574. The minimum Gasteiger partial charge on any atom is -0.379 e. The van der Waals surface area contributed by atoms with Gasteiger partial charge in [0.05, 0.1) is 13.2 Å². The number of ether oxygens (including phenoxy) is 1. The van der Waals surface area contributed by atoms with Crippen molar-refractivity contribution in [3.05, 3.63) is 0 Å². The van der Waals surface area contributed by atoms with E-state index < -0.39 is 0 Å². The number of hydrogen-bond donors (Lipinski definition) is 0. The minimum absolute atomic E-state index is 0.574. The van der Waals surface area contributed by atoms with Gasteiger partial charge in [0.15, 0.2) is 0 Å². The molecule has 1 aliphatic rings. The fourth-order valence-electron chi connectivity index (χ4n) is 1.29. The van der Waals surface area contributed by atoms with Gasteiger partial charge in [-0.05, 0) is 19.4 Å². The van der Waals surface area contributed by atoms with E-state index in [4.69, 9.17) is 10.5 Å². The average molecular weight is 157 g/mol. The summed E-state index contributed by atoms with van der Waals surface area (Å²) >= 11 is 0. The van der Waals surface area contributed by atoms with Crippen molar-refractivity contribution in [2.75, 3.05) is 39.4 Å². The number of nitrogens with one attached hydrogen (secondary N) is 1. The number of unbranched alkanes of at least 4 members (excludes halogenated alkanes) is 1. The van der Waals surface area contributed by atoms with Gasteiger partial charge in [0.25, 0.3) is 0 Å². The molecule has 0 spiro atoms. The first-order valence-electron chi connectivity index (χ1n) is 4.38. The van der Waals surface area contributed by atoms with E-state index in [1.165, 1.54) is 6.42 Å². The Morgan fingerprint density at radius 1 is 1.18 bits per heavy atom. The molecular weight excluding hydrogens is 140 g/mol. The predicted molar refractivity (Wildman–Crippen MR) is 44.5 cm³/mol. The first-order valence-corrected chi connectivity index (χ1v) is 4.38. The Hall–Kier alpha value is -0.120. The Balaban J connectivity index is 1.96. The standard InChI is InChI=1S/C8H17N2O/c9-3-1-2-4-10-5-7-11-8-6-10/h9H,1-8H2. The van der Waals surface area contributed by atoms with E-state index >= 15 is 0 Å². The monoisotopic (exact) mass is 157 g/mol. The number of nitrogens with zero attached hydrogens (tertiary/aromatic N) is 1. The van der Waals surface area contributed by atoms with Gasteiger partial charge in [0, 0.05) is 19.6 Å². The lowest BCUT2D eigenvalue weighted by atomic mass is 10.3. The van der Waals surface area contributed by atoms with Gasteiger partial charge in [-0.1, -0.05) is 0 Å². The average Bonchev–Trinajstić information content (AvgIpc) is 2.07. The topological polar surface area (TPSA) is 36.3 Å². The molecule has 1 N–H and O–H groups in total. The highest BCUT2D eigenvalue weighted by Crippen LogP contribution is 1.98. The summed E-state index contributed by atoms with van der Waals surface area (Å²) in [6.07, 6.45) is 2.21. The van der Waals surface area contributed by atoms with Crippen molar-refractivity contribution in [3.8, 4) is 0 Å². The highest BCUT2D eigenvalue weighted by molar-refractivity contribution is 4.61. The van der Waals surface area contributed by atoms with Crippen molar-refractivity contribution < 1.29 is 4.74 Å². The van der Waals surface area contributed by atoms with Gasteiger partial charge in [-0.15, -0.1) is 0 Å². The summed E-state index contributed by atoms with van der Waals surface area (Å²) in [5.41, 5.74) is 6.98. The van der Waals surface area contributed by atoms with Crippen LogP contribution in [-0.2, 0) is 4.74 Å². The van der Waals surface area contributed by atoms with Crippen LogP contribution in [0.2, 0.25) is 0 Å². The Morgan fingerprint density at radius 2 is 1.91 bits per heavy atom. The summed E-state index contributed by atoms with van der Waals surface area (Å²) in [5, 5.41) is 0. The van der Waals surface area contributed by atoms with Crippen LogP contribution in [0.4, 0.5) is 0 Å². The van der Waals surface area contributed by atoms with Gasteiger partial charge in [-0.3, -0.25) is 10.6 Å². The molecule has 0 unspecified atom stereocenters. The lowest BCUT2D eigenvalue weighted by molar-refractivity contribution is 0.0372. The molecule has 1 rings (SSSR count). The molecule has 0 saturated carbocycles. The van der Waals surface area contributed by atoms with Crippen LogP contribution in [0.25, 0.3) is 0 Å². The molecule has 0 aromatic rings. The van der Waals surface area contributed by atoms with E-state index in [1.54, 1.807) is 0 Å². The largest absolute Gasteiger partial charge is 0.379 e. The quantitative estimate of drug-likeness (QED) is 0.553. The van der Waals surface area contributed by atoms with Crippen molar-refractivity contribution in [3.63, 3.8) is 0 Å². The zero-order valence-electron chi connectivity index (χ0n) is 7.01. The first-order chi connectivity index (χ1) is 5.43. The highest BCUT2D eigenvalue weighted by Gasteiger charge is 2.08. The third-order valence-electron chi connectivity index (χ3n) is 2.00. The van der Waals surface area contributed by atoms with Crippen LogP contribution in [0.3, 0.4) is 0 Å². The van der Waals surface area contributed by atoms with E-state index in [2.05, 4.69) is 4.90 Å². The molecule has 0 aliphatic carbocycles. The summed E-state index contributed by atoms with van der Waals surface area (Å²) in [4.78, 5) is 2.42. The molecule has 1 radical (unpaired) electrons. The van der Waals surface area contributed by atoms with Crippen molar-refractivity contribution >= 4 is 0 Å². The lowest BCUT2D eigenvalue weighted by Gasteiger charge is -2.26. The van der Waals surface area contributed by atoms with E-state index in [-0.39, 0.29) is 0 Å². The molecular formula is C8H17N2O. The molecule has 65 valence electrons. The van der Waals surface area contributed by atoms with Crippen molar-refractivity contribution in [1.29, 1.82) is 0 Å². The van der Waals surface area contributed by atoms with Crippen LogP contribution >= 0.6 is 0 Å². The maximum atomic E-state index is 6.98. The summed E-state index contributed by atoms with van der Waals surface area (Å²) in [7, 11) is 0. The molecule has 11 heavy (non-hydrogen) atoms. The second kappa shape index (κ2) is 5.52.